The van der Waals surface area contributed by atoms with E-state index >= 15 is 0 Å². The Kier molecular flexibility index (Phi) is 2.97. The first-order chi connectivity index (χ1) is 9.52. The molecule has 1 saturated carbocycles. The number of carbonyl (C=O) groups is 1. The van der Waals surface area contributed by atoms with E-state index < -0.39 is 0 Å². The van der Waals surface area contributed by atoms with Crippen LogP contribution in [0.25, 0.3) is 5.65 Å². The second kappa shape index (κ2) is 4.56. The first kappa shape index (κ1) is 13.1. The van der Waals surface area contributed by atoms with Crippen molar-refractivity contribution in [1.82, 2.24) is 19.9 Å². The van der Waals surface area contributed by atoms with Gasteiger partial charge in [-0.15, -0.1) is 0 Å². The molecule has 6 nitrogen and oxygen atoms in total. The van der Waals surface area contributed by atoms with Crippen molar-refractivity contribution < 1.29 is 4.79 Å². The lowest BCUT2D eigenvalue weighted by molar-refractivity contribution is 0.0198. The molecule has 1 aliphatic carbocycles. The predicted octanol–water partition coefficient (Wildman–Crippen LogP) is 0.832. The van der Waals surface area contributed by atoms with Crippen molar-refractivity contribution in [1.29, 1.82) is 0 Å². The number of aromatic nitrogens is 3. The average Bonchev–Trinajstić information content (AvgIpc) is 2.86. The lowest BCUT2D eigenvalue weighted by atomic mass is 9.58. The van der Waals surface area contributed by atoms with Crippen LogP contribution in [0.15, 0.2) is 24.5 Å². The van der Waals surface area contributed by atoms with Crippen LogP contribution < -0.4 is 11.1 Å². The molecule has 106 valence electrons. The molecule has 2 unspecified atom stereocenters. The number of nitrogens with two attached hydrogens (primary N) is 1. The average molecular weight is 273 g/mol. The van der Waals surface area contributed by atoms with Crippen molar-refractivity contribution in [2.75, 3.05) is 6.54 Å². The van der Waals surface area contributed by atoms with E-state index in [1.807, 2.05) is 0 Å². The van der Waals surface area contributed by atoms with E-state index in [0.29, 0.717) is 23.8 Å². The van der Waals surface area contributed by atoms with Crippen molar-refractivity contribution in [2.45, 2.75) is 26.3 Å². The van der Waals surface area contributed by atoms with E-state index in [2.05, 4.69) is 29.2 Å². The summed E-state index contributed by atoms with van der Waals surface area (Å²) in [6.45, 7) is 4.95. The van der Waals surface area contributed by atoms with Gasteiger partial charge in [0.15, 0.2) is 11.3 Å². The molecule has 2 aromatic rings. The van der Waals surface area contributed by atoms with Crippen LogP contribution in [0.1, 0.15) is 30.8 Å². The highest BCUT2D eigenvalue weighted by Crippen LogP contribution is 2.45. The Balaban J connectivity index is 1.74. The normalized spacial score (nSPS) is 24.4. The highest BCUT2D eigenvalue weighted by Gasteiger charge is 2.47. The van der Waals surface area contributed by atoms with Gasteiger partial charge in [0, 0.05) is 24.5 Å². The van der Waals surface area contributed by atoms with Crippen LogP contribution in [0, 0.1) is 11.3 Å². The largest absolute Gasteiger partial charge is 0.347 e. The van der Waals surface area contributed by atoms with Crippen molar-refractivity contribution in [3.63, 3.8) is 0 Å². The van der Waals surface area contributed by atoms with E-state index in [4.69, 9.17) is 5.73 Å². The zero-order valence-corrected chi connectivity index (χ0v) is 11.7. The lowest BCUT2D eigenvalue weighted by Crippen LogP contribution is -2.60. The van der Waals surface area contributed by atoms with Crippen LogP contribution in [0.3, 0.4) is 0 Å². The molecule has 1 fully saturated rings. The number of hydrogen-bond acceptors (Lipinski definition) is 4. The molecule has 3 N–H and O–H groups in total. The highest BCUT2D eigenvalue weighted by molar-refractivity contribution is 5.93. The third-order valence-electron chi connectivity index (χ3n) is 4.53. The van der Waals surface area contributed by atoms with E-state index in [9.17, 15) is 4.79 Å². The summed E-state index contributed by atoms with van der Waals surface area (Å²) in [6.07, 6.45) is 4.39. The number of fused-ring (bicyclic) bond motifs is 1. The summed E-state index contributed by atoms with van der Waals surface area (Å²) in [7, 11) is 0. The first-order valence-electron chi connectivity index (χ1n) is 6.83. The minimum atomic E-state index is -0.149. The minimum absolute atomic E-state index is 0.0435. The molecule has 3 rings (SSSR count). The number of amides is 1. The van der Waals surface area contributed by atoms with Crippen LogP contribution in [0.2, 0.25) is 0 Å². The zero-order chi connectivity index (χ0) is 14.3. The maximum atomic E-state index is 12.3. The second-order valence-electron chi connectivity index (χ2n) is 5.97. The van der Waals surface area contributed by atoms with Crippen LogP contribution >= 0.6 is 0 Å². The molecule has 20 heavy (non-hydrogen) atoms. The molecule has 6 heteroatoms. The van der Waals surface area contributed by atoms with Gasteiger partial charge in [-0.1, -0.05) is 13.8 Å². The van der Waals surface area contributed by atoms with Gasteiger partial charge in [-0.05, 0) is 30.4 Å². The summed E-state index contributed by atoms with van der Waals surface area (Å²) in [6, 6.07) is 3.63. The Morgan fingerprint density at radius 3 is 3.05 bits per heavy atom. The molecule has 1 amide bonds. The van der Waals surface area contributed by atoms with Gasteiger partial charge in [0.05, 0.1) is 0 Å². The highest BCUT2D eigenvalue weighted by atomic mass is 16.2. The Labute approximate surface area is 117 Å². The van der Waals surface area contributed by atoms with E-state index in [1.54, 1.807) is 29.0 Å². The summed E-state index contributed by atoms with van der Waals surface area (Å²) >= 11 is 0. The Hall–Kier alpha value is -1.95. The molecule has 0 saturated heterocycles. The number of hydrogen-bond donors (Lipinski definition) is 2. The van der Waals surface area contributed by atoms with Crippen molar-refractivity contribution in [3.05, 3.63) is 30.2 Å². The number of nitrogens with zero attached hydrogens (tertiary/aromatic N) is 3. The molecule has 0 aromatic carbocycles. The lowest BCUT2D eigenvalue weighted by Gasteiger charge is -2.52. The molecule has 0 bridgehead atoms. The van der Waals surface area contributed by atoms with Gasteiger partial charge in [-0.3, -0.25) is 4.79 Å². The van der Waals surface area contributed by atoms with Crippen LogP contribution in [0.5, 0.6) is 0 Å². The third-order valence-corrected chi connectivity index (χ3v) is 4.53. The van der Waals surface area contributed by atoms with Crippen LogP contribution in [-0.2, 0) is 0 Å². The van der Waals surface area contributed by atoms with Crippen LogP contribution in [-0.4, -0.2) is 33.1 Å². The monoisotopic (exact) mass is 273 g/mol. The molecular weight excluding hydrogens is 254 g/mol. The molecule has 0 spiro atoms. The Morgan fingerprint density at radius 2 is 2.40 bits per heavy atom. The molecule has 2 aromatic heterocycles. The topological polar surface area (TPSA) is 85.3 Å². The van der Waals surface area contributed by atoms with Gasteiger partial charge < -0.3 is 11.1 Å². The van der Waals surface area contributed by atoms with Crippen LogP contribution in [0.4, 0.5) is 0 Å². The maximum absolute atomic E-state index is 12.3. The standard InChI is InChI=1S/C14H19N5O/c1-14(2)9(8-15)6-11(14)17-13(20)10-7-12-16-4-3-5-19(12)18-10/h3-5,7,9,11H,6,8,15H2,1-2H3,(H,17,20). The van der Waals surface area contributed by atoms with Gasteiger partial charge in [0.25, 0.3) is 5.91 Å². The Morgan fingerprint density at radius 1 is 1.60 bits per heavy atom. The molecule has 0 aliphatic heterocycles. The number of nitrogens with one attached hydrogen (secondary N) is 1. The second-order valence-corrected chi connectivity index (χ2v) is 5.97. The van der Waals surface area contributed by atoms with Gasteiger partial charge in [0.1, 0.15) is 0 Å². The number of carbonyl (C=O) groups excluding carboxylic acids is 1. The molecule has 2 atom stereocenters. The fraction of sp³-hybridized carbons (Fsp3) is 0.500. The number of rotatable bonds is 3. The fourth-order valence-corrected chi connectivity index (χ4v) is 2.83. The Bertz CT molecular complexity index is 615. The molecule has 1 aliphatic rings. The van der Waals surface area contributed by atoms with Gasteiger partial charge in [0.2, 0.25) is 0 Å². The molecule has 2 heterocycles. The summed E-state index contributed by atoms with van der Waals surface area (Å²) in [4.78, 5) is 16.4. The zero-order valence-electron chi connectivity index (χ0n) is 11.7. The first-order valence-corrected chi connectivity index (χ1v) is 6.83. The quantitative estimate of drug-likeness (QED) is 0.867. The maximum Gasteiger partial charge on any atom is 0.272 e. The van der Waals surface area contributed by atoms with Gasteiger partial charge >= 0.3 is 0 Å². The smallest absolute Gasteiger partial charge is 0.272 e. The van der Waals surface area contributed by atoms with Gasteiger partial charge in [-0.25, -0.2) is 9.50 Å². The van der Waals surface area contributed by atoms with Crippen molar-refractivity contribution in [3.8, 4) is 0 Å². The SMILES string of the molecule is CC1(C)C(CN)CC1NC(=O)c1cc2ncccn2n1. The van der Waals surface area contributed by atoms with Crippen molar-refractivity contribution in [2.24, 2.45) is 17.1 Å². The molecule has 0 radical (unpaired) electrons. The third kappa shape index (κ3) is 1.96. The summed E-state index contributed by atoms with van der Waals surface area (Å²) < 4.78 is 1.60. The summed E-state index contributed by atoms with van der Waals surface area (Å²) in [5, 5.41) is 7.28. The van der Waals surface area contributed by atoms with E-state index in [1.165, 1.54) is 0 Å². The fourth-order valence-electron chi connectivity index (χ4n) is 2.83. The van der Waals surface area contributed by atoms with E-state index in [0.717, 1.165) is 6.42 Å². The molecular formula is C14H19N5O. The van der Waals surface area contributed by atoms with E-state index in [-0.39, 0.29) is 17.4 Å². The minimum Gasteiger partial charge on any atom is -0.347 e. The van der Waals surface area contributed by atoms with Gasteiger partial charge in [-0.2, -0.15) is 5.10 Å². The predicted molar refractivity (Wildman–Crippen MR) is 75.2 cm³/mol. The summed E-state index contributed by atoms with van der Waals surface area (Å²) in [5.41, 5.74) is 6.84. The van der Waals surface area contributed by atoms with Crippen molar-refractivity contribution >= 4 is 11.6 Å². The summed E-state index contributed by atoms with van der Waals surface area (Å²) in [5.74, 6) is 0.319.